The lowest BCUT2D eigenvalue weighted by Crippen LogP contribution is -2.22. The van der Waals surface area contributed by atoms with Crippen molar-refractivity contribution < 1.29 is 4.74 Å². The fourth-order valence-electron chi connectivity index (χ4n) is 2.03. The molecule has 0 radical (unpaired) electrons. The van der Waals surface area contributed by atoms with E-state index in [0.29, 0.717) is 12.1 Å². The topological polar surface area (TPSA) is 75.2 Å². The standard InChI is InChI=1S/C15H18N4O/c1-19(10-11-4-3-7-18-9-11)14-8-12(20-2)5-6-13(14)15(16)17/h3-9H,10H2,1-2H3,(H3,16,17). The molecule has 104 valence electrons. The van der Waals surface area contributed by atoms with Gasteiger partial charge in [0.1, 0.15) is 11.6 Å². The van der Waals surface area contributed by atoms with Crippen molar-refractivity contribution in [1.82, 2.24) is 4.98 Å². The van der Waals surface area contributed by atoms with Crippen LogP contribution in [0.15, 0.2) is 42.7 Å². The fourth-order valence-corrected chi connectivity index (χ4v) is 2.03. The van der Waals surface area contributed by atoms with Gasteiger partial charge in [0.05, 0.1) is 12.8 Å². The summed E-state index contributed by atoms with van der Waals surface area (Å²) in [6.07, 6.45) is 3.57. The molecule has 0 aliphatic heterocycles. The van der Waals surface area contributed by atoms with Crippen LogP contribution < -0.4 is 15.4 Å². The number of nitrogens with one attached hydrogen (secondary N) is 1. The van der Waals surface area contributed by atoms with Crippen LogP contribution in [0.25, 0.3) is 0 Å². The molecular weight excluding hydrogens is 252 g/mol. The van der Waals surface area contributed by atoms with Crippen molar-refractivity contribution in [2.24, 2.45) is 5.73 Å². The van der Waals surface area contributed by atoms with E-state index in [-0.39, 0.29) is 5.84 Å². The van der Waals surface area contributed by atoms with Gasteiger partial charge in [-0.1, -0.05) is 6.07 Å². The van der Waals surface area contributed by atoms with E-state index in [2.05, 4.69) is 4.98 Å². The lowest BCUT2D eigenvalue weighted by molar-refractivity contribution is 0.415. The number of pyridine rings is 1. The number of benzene rings is 1. The van der Waals surface area contributed by atoms with Gasteiger partial charge in [-0.05, 0) is 23.8 Å². The maximum absolute atomic E-state index is 7.67. The minimum absolute atomic E-state index is 0.0423. The minimum Gasteiger partial charge on any atom is -0.497 e. The zero-order valence-electron chi connectivity index (χ0n) is 11.6. The fraction of sp³-hybridized carbons (Fsp3) is 0.200. The molecule has 20 heavy (non-hydrogen) atoms. The van der Waals surface area contributed by atoms with Crippen LogP contribution in [0.5, 0.6) is 5.75 Å². The van der Waals surface area contributed by atoms with Gasteiger partial charge >= 0.3 is 0 Å². The average molecular weight is 270 g/mol. The largest absolute Gasteiger partial charge is 0.497 e. The Morgan fingerprint density at radius 3 is 2.80 bits per heavy atom. The first-order valence-electron chi connectivity index (χ1n) is 6.24. The summed E-state index contributed by atoms with van der Waals surface area (Å²) in [5.41, 5.74) is 8.28. The van der Waals surface area contributed by atoms with Gasteiger partial charge in [-0.2, -0.15) is 0 Å². The lowest BCUT2D eigenvalue weighted by Gasteiger charge is -2.22. The number of nitrogens with two attached hydrogens (primary N) is 1. The second-order valence-electron chi connectivity index (χ2n) is 4.51. The molecule has 2 aromatic rings. The third-order valence-electron chi connectivity index (χ3n) is 3.05. The lowest BCUT2D eigenvalue weighted by atomic mass is 10.1. The molecule has 0 saturated carbocycles. The van der Waals surface area contributed by atoms with Gasteiger partial charge in [0, 0.05) is 37.6 Å². The van der Waals surface area contributed by atoms with E-state index >= 15 is 0 Å². The molecule has 0 unspecified atom stereocenters. The van der Waals surface area contributed by atoms with Gasteiger partial charge in [0.15, 0.2) is 0 Å². The third-order valence-corrected chi connectivity index (χ3v) is 3.05. The summed E-state index contributed by atoms with van der Waals surface area (Å²) in [6.45, 7) is 0.682. The van der Waals surface area contributed by atoms with E-state index in [1.807, 2.05) is 36.3 Å². The first kappa shape index (κ1) is 13.9. The van der Waals surface area contributed by atoms with Crippen LogP contribution in [-0.4, -0.2) is 25.0 Å². The molecule has 2 rings (SSSR count). The maximum Gasteiger partial charge on any atom is 0.124 e. The van der Waals surface area contributed by atoms with Crippen molar-refractivity contribution in [1.29, 1.82) is 5.41 Å². The molecule has 0 amide bonds. The third kappa shape index (κ3) is 3.06. The molecule has 0 spiro atoms. The monoisotopic (exact) mass is 270 g/mol. The summed E-state index contributed by atoms with van der Waals surface area (Å²) in [5.74, 6) is 0.781. The maximum atomic E-state index is 7.67. The second kappa shape index (κ2) is 6.06. The Bertz CT molecular complexity index is 598. The second-order valence-corrected chi connectivity index (χ2v) is 4.51. The normalized spacial score (nSPS) is 10.1. The number of hydrogen-bond donors (Lipinski definition) is 2. The van der Waals surface area contributed by atoms with E-state index in [4.69, 9.17) is 15.9 Å². The SMILES string of the molecule is COc1ccc(C(=N)N)c(N(C)Cc2cccnc2)c1. The van der Waals surface area contributed by atoms with Crippen LogP contribution >= 0.6 is 0 Å². The zero-order chi connectivity index (χ0) is 14.5. The summed E-state index contributed by atoms with van der Waals surface area (Å²) < 4.78 is 5.24. The number of anilines is 1. The average Bonchev–Trinajstić information content (AvgIpc) is 2.47. The van der Waals surface area contributed by atoms with Gasteiger partial charge in [-0.15, -0.1) is 0 Å². The van der Waals surface area contributed by atoms with E-state index in [0.717, 1.165) is 17.0 Å². The van der Waals surface area contributed by atoms with Crippen LogP contribution in [0.2, 0.25) is 0 Å². The summed E-state index contributed by atoms with van der Waals surface area (Å²) in [7, 11) is 3.57. The molecule has 0 aliphatic rings. The van der Waals surface area contributed by atoms with Crippen LogP contribution in [-0.2, 0) is 6.54 Å². The minimum atomic E-state index is 0.0423. The molecule has 1 aromatic heterocycles. The van der Waals surface area contributed by atoms with Gasteiger partial charge in [0.25, 0.3) is 0 Å². The van der Waals surface area contributed by atoms with Crippen molar-refractivity contribution in [3.63, 3.8) is 0 Å². The Hall–Kier alpha value is -2.56. The molecule has 0 fully saturated rings. The molecule has 3 N–H and O–H groups in total. The van der Waals surface area contributed by atoms with Crippen molar-refractivity contribution in [2.45, 2.75) is 6.54 Å². The molecule has 0 atom stereocenters. The highest BCUT2D eigenvalue weighted by molar-refractivity contribution is 6.00. The number of rotatable bonds is 5. The molecule has 1 heterocycles. The zero-order valence-corrected chi connectivity index (χ0v) is 11.6. The number of hydrogen-bond acceptors (Lipinski definition) is 4. The Morgan fingerprint density at radius 2 is 2.20 bits per heavy atom. The summed E-state index contributed by atoms with van der Waals surface area (Å²) in [4.78, 5) is 6.13. The van der Waals surface area contributed by atoms with E-state index < -0.39 is 0 Å². The smallest absolute Gasteiger partial charge is 0.124 e. The number of nitrogens with zero attached hydrogens (tertiary/aromatic N) is 2. The van der Waals surface area contributed by atoms with E-state index in [1.165, 1.54) is 0 Å². The quantitative estimate of drug-likeness (QED) is 0.643. The van der Waals surface area contributed by atoms with Gasteiger partial charge < -0.3 is 15.4 Å². The van der Waals surface area contributed by atoms with Crippen LogP contribution in [0.4, 0.5) is 5.69 Å². The molecule has 0 aliphatic carbocycles. The number of nitrogen functional groups attached to an aromatic ring is 1. The van der Waals surface area contributed by atoms with Crippen LogP contribution in [0.3, 0.4) is 0 Å². The molecule has 5 heteroatoms. The van der Waals surface area contributed by atoms with Gasteiger partial charge in [-0.3, -0.25) is 10.4 Å². The molecule has 0 saturated heterocycles. The van der Waals surface area contributed by atoms with Crippen LogP contribution in [0, 0.1) is 5.41 Å². The van der Waals surface area contributed by atoms with Crippen molar-refractivity contribution in [3.8, 4) is 5.75 Å². The van der Waals surface area contributed by atoms with Crippen molar-refractivity contribution in [2.75, 3.05) is 19.1 Å². The first-order valence-corrected chi connectivity index (χ1v) is 6.24. The van der Waals surface area contributed by atoms with Gasteiger partial charge in [-0.25, -0.2) is 0 Å². The summed E-state index contributed by atoms with van der Waals surface area (Å²) in [6, 6.07) is 9.40. The van der Waals surface area contributed by atoms with Crippen LogP contribution in [0.1, 0.15) is 11.1 Å². The van der Waals surface area contributed by atoms with Crippen molar-refractivity contribution in [3.05, 3.63) is 53.9 Å². The Labute approximate surface area is 118 Å². The first-order chi connectivity index (χ1) is 9.61. The molecule has 5 nitrogen and oxygen atoms in total. The summed E-state index contributed by atoms with van der Waals surface area (Å²) >= 11 is 0. The Morgan fingerprint density at radius 1 is 1.40 bits per heavy atom. The highest BCUT2D eigenvalue weighted by Crippen LogP contribution is 2.26. The highest BCUT2D eigenvalue weighted by atomic mass is 16.5. The molecule has 1 aromatic carbocycles. The summed E-state index contributed by atoms with van der Waals surface area (Å²) in [5, 5.41) is 7.67. The predicted molar refractivity (Wildman–Crippen MR) is 80.4 cm³/mol. The van der Waals surface area contributed by atoms with Crippen molar-refractivity contribution >= 4 is 11.5 Å². The van der Waals surface area contributed by atoms with E-state index in [1.54, 1.807) is 25.4 Å². The number of methoxy groups -OCH3 is 1. The number of ether oxygens (including phenoxy) is 1. The highest BCUT2D eigenvalue weighted by Gasteiger charge is 2.11. The molecular formula is C15H18N4O. The number of aromatic nitrogens is 1. The number of amidine groups is 1. The van der Waals surface area contributed by atoms with Gasteiger partial charge in [0.2, 0.25) is 0 Å². The Balaban J connectivity index is 2.32. The molecule has 0 bridgehead atoms. The Kier molecular flexibility index (Phi) is 4.20. The predicted octanol–water partition coefficient (Wildman–Crippen LogP) is 2.01. The van der Waals surface area contributed by atoms with E-state index in [9.17, 15) is 0 Å².